The van der Waals surface area contributed by atoms with E-state index in [-0.39, 0.29) is 0 Å². The molecule has 1 aromatic rings. The molecule has 18 heavy (non-hydrogen) atoms. The van der Waals surface area contributed by atoms with Crippen molar-refractivity contribution >= 4 is 11.8 Å². The van der Waals surface area contributed by atoms with Crippen LogP contribution in [-0.2, 0) is 5.75 Å². The van der Waals surface area contributed by atoms with Crippen LogP contribution in [0.25, 0.3) is 0 Å². The SMILES string of the molecule is C[C@@H]1CNC[C@H](C)N1CCSCc1ccccc1. The van der Waals surface area contributed by atoms with Gasteiger partial charge < -0.3 is 5.32 Å². The molecule has 1 heterocycles. The van der Waals surface area contributed by atoms with E-state index in [1.54, 1.807) is 0 Å². The summed E-state index contributed by atoms with van der Waals surface area (Å²) in [6.07, 6.45) is 0. The van der Waals surface area contributed by atoms with Gasteiger partial charge in [-0.25, -0.2) is 0 Å². The molecule has 0 radical (unpaired) electrons. The molecule has 0 amide bonds. The summed E-state index contributed by atoms with van der Waals surface area (Å²) in [5.74, 6) is 2.36. The van der Waals surface area contributed by atoms with Crippen LogP contribution in [0.4, 0.5) is 0 Å². The second kappa shape index (κ2) is 7.17. The lowest BCUT2D eigenvalue weighted by Crippen LogP contribution is -2.55. The summed E-state index contributed by atoms with van der Waals surface area (Å²) in [6, 6.07) is 12.1. The van der Waals surface area contributed by atoms with Crippen LogP contribution in [0.1, 0.15) is 19.4 Å². The first-order chi connectivity index (χ1) is 8.77. The highest BCUT2D eigenvalue weighted by molar-refractivity contribution is 7.98. The molecule has 1 aliphatic rings. The number of benzene rings is 1. The number of hydrogen-bond acceptors (Lipinski definition) is 3. The van der Waals surface area contributed by atoms with Crippen molar-refractivity contribution in [3.05, 3.63) is 35.9 Å². The summed E-state index contributed by atoms with van der Waals surface area (Å²) in [7, 11) is 0. The third kappa shape index (κ3) is 4.01. The first-order valence-corrected chi connectivity index (χ1v) is 8.01. The Morgan fingerprint density at radius 2 is 1.83 bits per heavy atom. The standard InChI is InChI=1S/C15H24N2S/c1-13-10-16-11-14(2)17(13)8-9-18-12-15-6-4-3-5-7-15/h3-7,13-14,16H,8-12H2,1-2H3/t13-,14+. The van der Waals surface area contributed by atoms with Crippen LogP contribution in [0.3, 0.4) is 0 Å². The topological polar surface area (TPSA) is 15.3 Å². The summed E-state index contributed by atoms with van der Waals surface area (Å²) in [4.78, 5) is 2.63. The third-order valence-electron chi connectivity index (χ3n) is 3.62. The van der Waals surface area contributed by atoms with Crippen molar-refractivity contribution < 1.29 is 0 Å². The van der Waals surface area contributed by atoms with Gasteiger partial charge in [0.15, 0.2) is 0 Å². The van der Waals surface area contributed by atoms with Crippen molar-refractivity contribution in [2.45, 2.75) is 31.7 Å². The van der Waals surface area contributed by atoms with Crippen LogP contribution in [0.5, 0.6) is 0 Å². The average Bonchev–Trinajstić information content (AvgIpc) is 2.38. The predicted molar refractivity (Wildman–Crippen MR) is 81.1 cm³/mol. The maximum absolute atomic E-state index is 3.48. The highest BCUT2D eigenvalue weighted by atomic mass is 32.2. The monoisotopic (exact) mass is 264 g/mol. The smallest absolute Gasteiger partial charge is 0.0196 e. The van der Waals surface area contributed by atoms with Crippen LogP contribution in [0, 0.1) is 0 Å². The Kier molecular flexibility index (Phi) is 5.54. The van der Waals surface area contributed by atoms with Gasteiger partial charge in [-0.15, -0.1) is 0 Å². The Hall–Kier alpha value is -0.510. The lowest BCUT2D eigenvalue weighted by molar-refractivity contribution is 0.126. The third-order valence-corrected chi connectivity index (χ3v) is 4.63. The summed E-state index contributed by atoms with van der Waals surface area (Å²) in [6.45, 7) is 8.12. The molecule has 0 unspecified atom stereocenters. The molecule has 1 N–H and O–H groups in total. The van der Waals surface area contributed by atoms with Crippen LogP contribution in [0.15, 0.2) is 30.3 Å². The van der Waals surface area contributed by atoms with Crippen molar-refractivity contribution in [2.24, 2.45) is 0 Å². The van der Waals surface area contributed by atoms with Crippen molar-refractivity contribution in [2.75, 3.05) is 25.4 Å². The van der Waals surface area contributed by atoms with Gasteiger partial charge in [-0.3, -0.25) is 4.90 Å². The molecule has 0 bridgehead atoms. The minimum Gasteiger partial charge on any atom is -0.314 e. The number of nitrogens with zero attached hydrogens (tertiary/aromatic N) is 1. The second-order valence-corrected chi connectivity index (χ2v) is 6.24. The highest BCUT2D eigenvalue weighted by Crippen LogP contribution is 2.15. The summed E-state index contributed by atoms with van der Waals surface area (Å²) in [5, 5.41) is 3.48. The normalized spacial score (nSPS) is 25.2. The van der Waals surface area contributed by atoms with Crippen molar-refractivity contribution in [3.63, 3.8) is 0 Å². The van der Waals surface area contributed by atoms with E-state index in [0.717, 1.165) is 18.8 Å². The minimum atomic E-state index is 0.672. The first-order valence-electron chi connectivity index (χ1n) is 6.85. The zero-order chi connectivity index (χ0) is 12.8. The molecule has 0 aliphatic carbocycles. The van der Waals surface area contributed by atoms with Gasteiger partial charge in [0.05, 0.1) is 0 Å². The molecular formula is C15H24N2S. The fourth-order valence-corrected chi connectivity index (χ4v) is 3.46. The maximum atomic E-state index is 3.48. The maximum Gasteiger partial charge on any atom is 0.0196 e. The minimum absolute atomic E-state index is 0.672. The number of thioether (sulfide) groups is 1. The fourth-order valence-electron chi connectivity index (χ4n) is 2.55. The Balaban J connectivity index is 1.68. The molecule has 2 rings (SSSR count). The van der Waals surface area contributed by atoms with Gasteiger partial charge in [-0.1, -0.05) is 30.3 Å². The average molecular weight is 264 g/mol. The van der Waals surface area contributed by atoms with E-state index in [4.69, 9.17) is 0 Å². The van der Waals surface area contributed by atoms with Crippen LogP contribution in [-0.4, -0.2) is 42.4 Å². The van der Waals surface area contributed by atoms with Crippen molar-refractivity contribution in [1.82, 2.24) is 10.2 Å². The van der Waals surface area contributed by atoms with Crippen molar-refractivity contribution in [3.8, 4) is 0 Å². The van der Waals surface area contributed by atoms with Gasteiger partial charge in [0.25, 0.3) is 0 Å². The molecule has 1 saturated heterocycles. The molecular weight excluding hydrogens is 240 g/mol. The second-order valence-electron chi connectivity index (χ2n) is 5.13. The molecule has 1 aliphatic heterocycles. The van der Waals surface area contributed by atoms with Crippen LogP contribution >= 0.6 is 11.8 Å². The Morgan fingerprint density at radius 1 is 1.17 bits per heavy atom. The zero-order valence-corrected chi connectivity index (χ0v) is 12.2. The van der Waals surface area contributed by atoms with E-state index in [1.165, 1.54) is 17.9 Å². The number of piperazine rings is 1. The van der Waals surface area contributed by atoms with Gasteiger partial charge in [-0.05, 0) is 19.4 Å². The Morgan fingerprint density at radius 3 is 2.50 bits per heavy atom. The largest absolute Gasteiger partial charge is 0.314 e. The Labute approximate surface area is 115 Å². The number of rotatable bonds is 5. The summed E-state index contributed by atoms with van der Waals surface area (Å²) >= 11 is 2.04. The van der Waals surface area contributed by atoms with Gasteiger partial charge >= 0.3 is 0 Å². The number of hydrogen-bond donors (Lipinski definition) is 1. The first kappa shape index (κ1) is 13.9. The molecule has 0 saturated carbocycles. The lowest BCUT2D eigenvalue weighted by atomic mass is 10.1. The molecule has 0 aromatic heterocycles. The lowest BCUT2D eigenvalue weighted by Gasteiger charge is -2.39. The molecule has 1 aromatic carbocycles. The van der Waals surface area contributed by atoms with Gasteiger partial charge in [0, 0.05) is 43.2 Å². The highest BCUT2D eigenvalue weighted by Gasteiger charge is 2.23. The summed E-state index contributed by atoms with van der Waals surface area (Å²) in [5.41, 5.74) is 1.43. The van der Waals surface area contributed by atoms with E-state index >= 15 is 0 Å². The molecule has 0 spiro atoms. The van der Waals surface area contributed by atoms with Crippen LogP contribution in [0.2, 0.25) is 0 Å². The number of nitrogens with one attached hydrogen (secondary N) is 1. The van der Waals surface area contributed by atoms with Gasteiger partial charge in [-0.2, -0.15) is 11.8 Å². The van der Waals surface area contributed by atoms with Gasteiger partial charge in [0.1, 0.15) is 0 Å². The quantitative estimate of drug-likeness (QED) is 0.823. The fraction of sp³-hybridized carbons (Fsp3) is 0.600. The molecule has 3 heteroatoms. The van der Waals surface area contributed by atoms with Crippen LogP contribution < -0.4 is 5.32 Å². The predicted octanol–water partition coefficient (Wildman–Crippen LogP) is 2.60. The van der Waals surface area contributed by atoms with E-state index in [2.05, 4.69) is 54.4 Å². The van der Waals surface area contributed by atoms with E-state index in [1.807, 2.05) is 11.8 Å². The van der Waals surface area contributed by atoms with E-state index in [0.29, 0.717) is 12.1 Å². The van der Waals surface area contributed by atoms with Gasteiger partial charge in [0.2, 0.25) is 0 Å². The zero-order valence-electron chi connectivity index (χ0n) is 11.4. The van der Waals surface area contributed by atoms with Crippen molar-refractivity contribution in [1.29, 1.82) is 0 Å². The van der Waals surface area contributed by atoms with E-state index in [9.17, 15) is 0 Å². The van der Waals surface area contributed by atoms with E-state index < -0.39 is 0 Å². The summed E-state index contributed by atoms with van der Waals surface area (Å²) < 4.78 is 0. The molecule has 2 atom stereocenters. The molecule has 1 fully saturated rings. The Bertz CT molecular complexity index is 332. The molecule has 100 valence electrons. The molecule has 2 nitrogen and oxygen atoms in total.